The summed E-state index contributed by atoms with van der Waals surface area (Å²) in [5, 5.41) is 13.6. The second-order valence-electron chi connectivity index (χ2n) is 17.7. The molecule has 2 amide bonds. The molecule has 0 bridgehead atoms. The number of thiophene rings is 2. The first-order chi connectivity index (χ1) is 30.6. The van der Waals surface area contributed by atoms with E-state index in [0.29, 0.717) is 37.1 Å². The number of hydrogen-bond acceptors (Lipinski definition) is 12. The number of aryl methyl sites for hydroxylation is 2. The van der Waals surface area contributed by atoms with Crippen molar-refractivity contribution in [2.75, 3.05) is 30.3 Å². The summed E-state index contributed by atoms with van der Waals surface area (Å²) >= 11 is 6.84. The summed E-state index contributed by atoms with van der Waals surface area (Å²) in [4.78, 5) is 42.4. The van der Waals surface area contributed by atoms with Gasteiger partial charge in [0, 0.05) is 84.2 Å². The van der Waals surface area contributed by atoms with E-state index < -0.39 is 0 Å². The Morgan fingerprint density at radius 3 is 1.64 bits per heavy atom. The number of aromatic nitrogens is 2. The van der Waals surface area contributed by atoms with Gasteiger partial charge < -0.3 is 21.7 Å². The number of rotatable bonds is 13. The van der Waals surface area contributed by atoms with E-state index >= 15 is 0 Å². The normalized spacial score (nSPS) is 15.0. The molecule has 4 aromatic heterocycles. The number of thiazole rings is 2. The number of fused-ring (bicyclic) bond motifs is 4. The molecule has 64 heavy (non-hydrogen) atoms. The van der Waals surface area contributed by atoms with Gasteiger partial charge in [0.25, 0.3) is 0 Å². The zero-order valence-electron chi connectivity index (χ0n) is 39.4. The van der Waals surface area contributed by atoms with Gasteiger partial charge in [0.05, 0.1) is 20.4 Å². The van der Waals surface area contributed by atoms with Gasteiger partial charge in [-0.15, -0.1) is 45.3 Å². The largest absolute Gasteiger partial charge is 0.328 e. The highest BCUT2D eigenvalue weighted by Gasteiger charge is 2.30. The first-order valence-corrected chi connectivity index (χ1v) is 26.1. The Kier molecular flexibility index (Phi) is 17.5. The van der Waals surface area contributed by atoms with Crippen molar-refractivity contribution in [3.63, 3.8) is 0 Å². The van der Waals surface area contributed by atoms with Crippen molar-refractivity contribution in [3.05, 3.63) is 81.1 Å². The number of carbonyl (C=O) groups is 2. The zero-order valence-corrected chi connectivity index (χ0v) is 42.7. The average molecular weight is 941 g/mol. The maximum Gasteiger partial charge on any atom is 0.248 e. The van der Waals surface area contributed by atoms with Crippen LogP contribution in [0.15, 0.2) is 49.1 Å². The highest BCUT2D eigenvalue weighted by Crippen LogP contribution is 2.47. The van der Waals surface area contributed by atoms with E-state index in [1.54, 1.807) is 45.3 Å². The van der Waals surface area contributed by atoms with Crippen LogP contribution in [-0.2, 0) is 35.5 Å². The fraction of sp³-hybridized carbons (Fsp3) is 0.480. The van der Waals surface area contributed by atoms with E-state index in [0.717, 1.165) is 94.0 Å². The Bertz CT molecular complexity index is 2550. The van der Waals surface area contributed by atoms with Gasteiger partial charge in [-0.1, -0.05) is 32.6 Å². The number of benzene rings is 2. The molecule has 10 nitrogen and oxygen atoms in total. The minimum absolute atomic E-state index is 0.0679. The van der Waals surface area contributed by atoms with Crippen LogP contribution in [-0.4, -0.2) is 75.4 Å². The van der Waals surface area contributed by atoms with E-state index in [2.05, 4.69) is 131 Å². The van der Waals surface area contributed by atoms with Gasteiger partial charge in [-0.2, -0.15) is 0 Å². The fourth-order valence-corrected chi connectivity index (χ4v) is 12.3. The van der Waals surface area contributed by atoms with Crippen LogP contribution >= 0.6 is 45.3 Å². The predicted molar refractivity (Wildman–Crippen MR) is 278 cm³/mol. The van der Waals surface area contributed by atoms with Crippen molar-refractivity contribution in [3.8, 4) is 21.1 Å². The molecule has 8 rings (SSSR count). The molecule has 5 N–H and O–H groups in total. The Hall–Kier alpha value is -3.86. The first-order valence-electron chi connectivity index (χ1n) is 22.8. The quantitative estimate of drug-likeness (QED) is 0.0843. The van der Waals surface area contributed by atoms with Crippen LogP contribution in [0.4, 0.5) is 10.0 Å². The van der Waals surface area contributed by atoms with Crippen LogP contribution in [0.1, 0.15) is 107 Å². The van der Waals surface area contributed by atoms with Gasteiger partial charge in [-0.3, -0.25) is 19.4 Å². The molecule has 0 radical (unpaired) electrons. The summed E-state index contributed by atoms with van der Waals surface area (Å²) in [7, 11) is 0. The fourth-order valence-electron chi connectivity index (χ4n) is 7.57. The van der Waals surface area contributed by atoms with Crippen LogP contribution in [0, 0.1) is 13.8 Å². The summed E-state index contributed by atoms with van der Waals surface area (Å²) in [6.45, 7) is 29.8. The molecule has 0 fully saturated rings. The van der Waals surface area contributed by atoms with Crippen molar-refractivity contribution in [1.82, 2.24) is 25.1 Å². The third-order valence-electron chi connectivity index (χ3n) is 11.9. The van der Waals surface area contributed by atoms with Crippen LogP contribution in [0.5, 0.6) is 0 Å². The molecule has 2 aliphatic heterocycles. The van der Waals surface area contributed by atoms with Gasteiger partial charge in [-0.05, 0) is 134 Å². The minimum atomic E-state index is -0.174. The smallest absolute Gasteiger partial charge is 0.248 e. The number of hydrogen-bond donors (Lipinski definition) is 4. The highest BCUT2D eigenvalue weighted by molar-refractivity contribution is 7.23. The molecule has 0 saturated carbocycles. The van der Waals surface area contributed by atoms with E-state index in [1.165, 1.54) is 47.5 Å². The van der Waals surface area contributed by atoms with E-state index in [9.17, 15) is 9.59 Å². The number of nitrogens with two attached hydrogens (primary N) is 1. The van der Waals surface area contributed by atoms with Crippen LogP contribution in [0.2, 0.25) is 0 Å². The van der Waals surface area contributed by atoms with Gasteiger partial charge in [0.2, 0.25) is 11.8 Å². The lowest BCUT2D eigenvalue weighted by atomic mass is 10.0. The minimum Gasteiger partial charge on any atom is -0.328 e. The Labute approximate surface area is 396 Å². The molecule has 0 aliphatic carbocycles. The lowest BCUT2D eigenvalue weighted by molar-refractivity contribution is -0.116. The number of nitrogens with zero attached hydrogens (tertiary/aromatic N) is 4. The second kappa shape index (κ2) is 22.6. The molecule has 0 unspecified atom stereocenters. The molecule has 0 saturated heterocycles. The molecule has 6 aromatic rings. The van der Waals surface area contributed by atoms with Gasteiger partial charge in [0.15, 0.2) is 0 Å². The summed E-state index contributed by atoms with van der Waals surface area (Å²) in [5.41, 5.74) is 14.7. The Morgan fingerprint density at radius 2 is 1.22 bits per heavy atom. The lowest BCUT2D eigenvalue weighted by Gasteiger charge is -2.30. The highest BCUT2D eigenvalue weighted by atomic mass is 32.1. The molecular weight excluding hydrogens is 873 g/mol. The van der Waals surface area contributed by atoms with Crippen molar-refractivity contribution < 1.29 is 9.59 Å². The molecule has 2 atom stereocenters. The molecule has 0 spiro atoms. The standard InChI is InChI=1S/C25H34N4OS2.C21H23N3OS2.C4H11N/c1-6-17(5)26-11-9-22(30)28-25-23(18-10-12-29(15(2)3)14-21(18)32-25)24-27-19-13-16(4)7-8-20(19)31-24;1-5-18(25)23-21-19(14-8-9-24(12(2)3)11-17(14)27-21)20-22-15-10-13(4)6-7-16(15)26-20;1-3-4(2)5/h7-8,13,15,17,26H,6,9-12,14H2,1-5H3,(H,28,30);5-7,10,12H,1,8-9,11H2,2-4H3,(H,23,25);4H,3,5H2,1-2H3/t17-;;4-/m1.1/s1. The lowest BCUT2D eigenvalue weighted by Crippen LogP contribution is -2.35. The summed E-state index contributed by atoms with van der Waals surface area (Å²) in [5.74, 6) is -0.106. The van der Waals surface area contributed by atoms with E-state index in [4.69, 9.17) is 15.7 Å². The third kappa shape index (κ3) is 12.3. The summed E-state index contributed by atoms with van der Waals surface area (Å²) < 4.78 is 2.37. The Morgan fingerprint density at radius 1 is 0.750 bits per heavy atom. The van der Waals surface area contributed by atoms with Crippen LogP contribution in [0.3, 0.4) is 0 Å². The molecule has 2 aliphatic rings. The van der Waals surface area contributed by atoms with Gasteiger partial charge >= 0.3 is 0 Å². The van der Waals surface area contributed by atoms with Crippen molar-refractivity contribution in [2.45, 2.75) is 139 Å². The van der Waals surface area contributed by atoms with Crippen LogP contribution < -0.4 is 21.7 Å². The predicted octanol–water partition coefficient (Wildman–Crippen LogP) is 11.8. The number of nitrogens with one attached hydrogen (secondary N) is 3. The first kappa shape index (κ1) is 49.6. The Balaban J connectivity index is 0.000000194. The summed E-state index contributed by atoms with van der Waals surface area (Å²) in [6.07, 6.45) is 5.93. The van der Waals surface area contributed by atoms with Crippen molar-refractivity contribution in [1.29, 1.82) is 0 Å². The van der Waals surface area contributed by atoms with Gasteiger partial charge in [0.1, 0.15) is 20.0 Å². The average Bonchev–Trinajstić information content (AvgIpc) is 4.04. The van der Waals surface area contributed by atoms with Gasteiger partial charge in [-0.25, -0.2) is 9.97 Å². The topological polar surface area (TPSA) is 129 Å². The molecule has 2 aromatic carbocycles. The monoisotopic (exact) mass is 940 g/mol. The van der Waals surface area contributed by atoms with Crippen molar-refractivity contribution in [2.24, 2.45) is 5.73 Å². The summed E-state index contributed by atoms with van der Waals surface area (Å²) in [6, 6.07) is 14.7. The van der Waals surface area contributed by atoms with Crippen molar-refractivity contribution >= 4 is 87.6 Å². The van der Waals surface area contributed by atoms with E-state index in [-0.39, 0.29) is 11.8 Å². The molecule has 344 valence electrons. The maximum atomic E-state index is 12.8. The SMILES string of the molecule is C=CC(=O)Nc1sc2c(c1-c1nc3cc(C)ccc3s1)CCN(C(C)C)C2.CC[C@@H](C)N.CC[C@@H](C)NCCC(=O)Nc1sc2c(c1-c1nc3cc(C)ccc3s1)CCN(C(C)C)C2. The maximum absolute atomic E-state index is 12.8. The third-order valence-corrected chi connectivity index (χ3v) is 16.3. The molecule has 6 heterocycles. The zero-order chi connectivity index (χ0) is 46.2. The second-order valence-corrected chi connectivity index (χ2v) is 21.9. The van der Waals surface area contributed by atoms with Crippen LogP contribution in [0.25, 0.3) is 41.6 Å². The number of carbonyl (C=O) groups excluding carboxylic acids is 2. The number of anilines is 2. The van der Waals surface area contributed by atoms with E-state index in [1.807, 2.05) is 6.92 Å². The molecule has 14 heteroatoms. The number of amides is 2. The molecular formula is C50H68N8O2S4.